The summed E-state index contributed by atoms with van der Waals surface area (Å²) < 4.78 is 25.9. The minimum absolute atomic E-state index is 0.0162. The van der Waals surface area contributed by atoms with Crippen LogP contribution in [-0.2, 0) is 10.0 Å². The van der Waals surface area contributed by atoms with Crippen LogP contribution in [0.2, 0.25) is 0 Å². The highest BCUT2D eigenvalue weighted by molar-refractivity contribution is 7.89. The first-order valence-electron chi connectivity index (χ1n) is 6.57. The van der Waals surface area contributed by atoms with Crippen LogP contribution >= 0.6 is 11.3 Å². The number of aryl methyl sites for hydroxylation is 2. The highest BCUT2D eigenvalue weighted by Crippen LogP contribution is 2.26. The maximum Gasteiger partial charge on any atom is 0.240 e. The summed E-state index contributed by atoms with van der Waals surface area (Å²) in [5, 5.41) is 4.33. The van der Waals surface area contributed by atoms with Crippen LogP contribution in [0.15, 0.2) is 29.2 Å². The summed E-state index contributed by atoms with van der Waals surface area (Å²) in [7, 11) is -2.03. The quantitative estimate of drug-likeness (QED) is 0.887. The number of benzene rings is 1. The third kappa shape index (κ3) is 3.61. The predicted octanol–water partition coefficient (Wildman–Crippen LogP) is 2.84. The average molecular weight is 325 g/mol. The molecule has 1 unspecified atom stereocenters. The molecule has 114 valence electrons. The largest absolute Gasteiger partial charge is 0.377 e. The van der Waals surface area contributed by atoms with Gasteiger partial charge in [0.05, 0.1) is 21.6 Å². The molecule has 7 heteroatoms. The molecule has 5 nitrogen and oxygen atoms in total. The molecule has 0 aliphatic rings. The molecule has 1 heterocycles. The van der Waals surface area contributed by atoms with Gasteiger partial charge >= 0.3 is 0 Å². The Morgan fingerprint density at radius 3 is 2.57 bits per heavy atom. The second-order valence-corrected chi connectivity index (χ2v) is 8.07. The first kappa shape index (κ1) is 15.9. The van der Waals surface area contributed by atoms with Gasteiger partial charge in [-0.2, -0.15) is 0 Å². The zero-order valence-corrected chi connectivity index (χ0v) is 14.1. The molecule has 0 spiro atoms. The van der Waals surface area contributed by atoms with Gasteiger partial charge in [-0.15, -0.1) is 11.3 Å². The monoisotopic (exact) mass is 325 g/mol. The van der Waals surface area contributed by atoms with Crippen LogP contribution < -0.4 is 10.0 Å². The zero-order valence-electron chi connectivity index (χ0n) is 12.5. The summed E-state index contributed by atoms with van der Waals surface area (Å²) >= 11 is 1.66. The molecule has 0 radical (unpaired) electrons. The van der Waals surface area contributed by atoms with Crippen LogP contribution in [0.4, 0.5) is 5.69 Å². The van der Waals surface area contributed by atoms with Gasteiger partial charge in [0.1, 0.15) is 0 Å². The Bertz CT molecular complexity index is 738. The van der Waals surface area contributed by atoms with Gasteiger partial charge in [-0.05, 0) is 46.0 Å². The molecule has 2 aromatic rings. The molecule has 1 atom stereocenters. The average Bonchev–Trinajstić information content (AvgIpc) is 2.78. The van der Waals surface area contributed by atoms with Crippen LogP contribution in [0.3, 0.4) is 0 Å². The normalized spacial score (nSPS) is 13.1. The van der Waals surface area contributed by atoms with Crippen LogP contribution in [0, 0.1) is 13.8 Å². The van der Waals surface area contributed by atoms with Gasteiger partial charge in [0.25, 0.3) is 0 Å². The van der Waals surface area contributed by atoms with Gasteiger partial charge in [-0.1, -0.05) is 6.07 Å². The SMILES string of the molecule is CNS(=O)(=O)c1cccc(NC(C)c2nc(C)sc2C)c1. The van der Waals surface area contributed by atoms with Gasteiger partial charge in [-0.25, -0.2) is 18.1 Å². The van der Waals surface area contributed by atoms with Gasteiger partial charge in [0.2, 0.25) is 10.0 Å². The summed E-state index contributed by atoms with van der Waals surface area (Å²) in [4.78, 5) is 5.94. The van der Waals surface area contributed by atoms with E-state index in [9.17, 15) is 8.42 Å². The Morgan fingerprint density at radius 1 is 1.29 bits per heavy atom. The lowest BCUT2D eigenvalue weighted by atomic mass is 10.2. The number of rotatable bonds is 5. The molecule has 0 aliphatic heterocycles. The highest BCUT2D eigenvalue weighted by atomic mass is 32.2. The number of aromatic nitrogens is 1. The van der Waals surface area contributed by atoms with Crippen molar-refractivity contribution in [3.8, 4) is 0 Å². The van der Waals surface area contributed by atoms with Gasteiger partial charge in [0.15, 0.2) is 0 Å². The van der Waals surface area contributed by atoms with Crippen LogP contribution in [0.5, 0.6) is 0 Å². The molecule has 0 amide bonds. The topological polar surface area (TPSA) is 71.1 Å². The minimum Gasteiger partial charge on any atom is -0.377 e. The second-order valence-electron chi connectivity index (χ2n) is 4.78. The third-order valence-electron chi connectivity index (χ3n) is 3.15. The van der Waals surface area contributed by atoms with Crippen molar-refractivity contribution in [2.45, 2.75) is 31.7 Å². The van der Waals surface area contributed by atoms with Gasteiger partial charge in [0, 0.05) is 10.6 Å². The Labute approximate surface area is 129 Å². The molecule has 0 saturated carbocycles. The second kappa shape index (κ2) is 6.13. The van der Waals surface area contributed by atoms with Crippen molar-refractivity contribution < 1.29 is 8.42 Å². The molecule has 0 bridgehead atoms. The summed E-state index contributed by atoms with van der Waals surface area (Å²) in [5.74, 6) is 0. The van der Waals surface area contributed by atoms with E-state index in [0.717, 1.165) is 16.4 Å². The number of nitrogens with one attached hydrogen (secondary N) is 2. The Morgan fingerprint density at radius 2 is 2.00 bits per heavy atom. The predicted molar refractivity (Wildman–Crippen MR) is 86.3 cm³/mol. The van der Waals surface area contributed by atoms with Gasteiger partial charge < -0.3 is 5.32 Å². The van der Waals surface area contributed by atoms with Crippen molar-refractivity contribution in [1.82, 2.24) is 9.71 Å². The van der Waals surface area contributed by atoms with E-state index < -0.39 is 10.0 Å². The lowest BCUT2D eigenvalue weighted by Gasteiger charge is -2.15. The Balaban J connectivity index is 2.24. The lowest BCUT2D eigenvalue weighted by Crippen LogP contribution is -2.18. The molecule has 21 heavy (non-hydrogen) atoms. The molecule has 0 fully saturated rings. The summed E-state index contributed by atoms with van der Waals surface area (Å²) in [6.45, 7) is 6.04. The van der Waals surface area contributed by atoms with E-state index in [1.165, 1.54) is 11.9 Å². The molecule has 0 aliphatic carbocycles. The third-order valence-corrected chi connectivity index (χ3v) is 5.46. The maximum atomic E-state index is 11.8. The van der Waals surface area contributed by atoms with E-state index in [4.69, 9.17) is 0 Å². The van der Waals surface area contributed by atoms with Crippen LogP contribution in [-0.4, -0.2) is 20.4 Å². The maximum absolute atomic E-state index is 11.8. The van der Waals surface area contributed by atoms with E-state index in [2.05, 4.69) is 15.0 Å². The number of anilines is 1. The summed E-state index contributed by atoms with van der Waals surface area (Å²) in [5.41, 5.74) is 1.75. The molecule has 2 rings (SSSR count). The first-order valence-corrected chi connectivity index (χ1v) is 8.87. The van der Waals surface area contributed by atoms with Crippen molar-refractivity contribution in [1.29, 1.82) is 0 Å². The van der Waals surface area contributed by atoms with Crippen molar-refractivity contribution >= 4 is 27.0 Å². The van der Waals surface area contributed by atoms with Crippen molar-refractivity contribution in [3.05, 3.63) is 39.8 Å². The summed E-state index contributed by atoms with van der Waals surface area (Å²) in [6.07, 6.45) is 0. The zero-order chi connectivity index (χ0) is 15.6. The molecule has 1 aromatic heterocycles. The Hall–Kier alpha value is -1.44. The molecule has 0 saturated heterocycles. The number of thiazole rings is 1. The standard InChI is InChI=1S/C14H19N3O2S2/c1-9(14-10(2)20-11(3)17-14)16-12-6-5-7-13(8-12)21(18,19)15-4/h5-9,15-16H,1-4H3. The highest BCUT2D eigenvalue weighted by Gasteiger charge is 2.15. The summed E-state index contributed by atoms with van der Waals surface area (Å²) in [6, 6.07) is 6.78. The lowest BCUT2D eigenvalue weighted by molar-refractivity contribution is 0.588. The Kier molecular flexibility index (Phi) is 4.65. The van der Waals surface area contributed by atoms with Crippen molar-refractivity contribution in [2.24, 2.45) is 0 Å². The van der Waals surface area contributed by atoms with E-state index in [-0.39, 0.29) is 10.9 Å². The first-order chi connectivity index (χ1) is 9.83. The minimum atomic E-state index is -3.43. The smallest absolute Gasteiger partial charge is 0.240 e. The molecule has 1 aromatic carbocycles. The van der Waals surface area contributed by atoms with E-state index in [0.29, 0.717) is 0 Å². The van der Waals surface area contributed by atoms with Crippen LogP contribution in [0.1, 0.15) is 28.5 Å². The fourth-order valence-corrected chi connectivity index (χ4v) is 3.83. The number of sulfonamides is 1. The van der Waals surface area contributed by atoms with Gasteiger partial charge in [-0.3, -0.25) is 0 Å². The van der Waals surface area contributed by atoms with E-state index in [1.807, 2.05) is 26.8 Å². The number of hydrogen-bond donors (Lipinski definition) is 2. The molecule has 2 N–H and O–H groups in total. The fraction of sp³-hybridized carbons (Fsp3) is 0.357. The fourth-order valence-electron chi connectivity index (χ4n) is 2.14. The number of hydrogen-bond acceptors (Lipinski definition) is 5. The van der Waals surface area contributed by atoms with E-state index >= 15 is 0 Å². The van der Waals surface area contributed by atoms with Crippen LogP contribution in [0.25, 0.3) is 0 Å². The molecular formula is C14H19N3O2S2. The number of nitrogens with zero attached hydrogens (tertiary/aromatic N) is 1. The van der Waals surface area contributed by atoms with Crippen molar-refractivity contribution in [3.63, 3.8) is 0 Å². The van der Waals surface area contributed by atoms with Crippen molar-refractivity contribution in [2.75, 3.05) is 12.4 Å². The molecular weight excluding hydrogens is 306 g/mol. The van der Waals surface area contributed by atoms with E-state index in [1.54, 1.807) is 29.5 Å².